The van der Waals surface area contributed by atoms with Crippen LogP contribution in [0.1, 0.15) is 58.8 Å². The van der Waals surface area contributed by atoms with Crippen LogP contribution in [0.15, 0.2) is 0 Å². The molecular weight excluding hydrogens is 236 g/mol. The third-order valence-electron chi connectivity index (χ3n) is 3.99. The zero-order chi connectivity index (χ0) is 14.8. The van der Waals surface area contributed by atoms with Crippen molar-refractivity contribution in [3.63, 3.8) is 0 Å². The largest absolute Gasteiger partial charge is 0.383 e. The zero-order valence-corrected chi connectivity index (χ0v) is 13.3. The fraction of sp³-hybridized carbons (Fsp3) is 0.733. The van der Waals surface area contributed by atoms with Gasteiger partial charge in [0.05, 0.1) is 0 Å². The van der Waals surface area contributed by atoms with Gasteiger partial charge in [-0.3, -0.25) is 0 Å². The first-order valence-corrected chi connectivity index (χ1v) is 7.03. The van der Waals surface area contributed by atoms with Gasteiger partial charge >= 0.3 is 0 Å². The Labute approximate surface area is 117 Å². The number of rotatable bonds is 5. The van der Waals surface area contributed by atoms with Gasteiger partial charge in [-0.25, -0.2) is 9.97 Å². The van der Waals surface area contributed by atoms with Crippen molar-refractivity contribution in [2.45, 2.75) is 54.4 Å². The molecular formula is C15H28N4. The molecule has 0 aliphatic rings. The summed E-state index contributed by atoms with van der Waals surface area (Å²) in [6.45, 7) is 16.0. The average Bonchev–Trinajstić information content (AvgIpc) is 2.30. The molecule has 0 saturated heterocycles. The van der Waals surface area contributed by atoms with Crippen molar-refractivity contribution in [2.24, 2.45) is 11.3 Å². The average molecular weight is 264 g/mol. The second kappa shape index (κ2) is 5.76. The van der Waals surface area contributed by atoms with Crippen LogP contribution in [0, 0.1) is 18.3 Å². The molecule has 0 fully saturated rings. The van der Waals surface area contributed by atoms with Gasteiger partial charge in [0.15, 0.2) is 0 Å². The monoisotopic (exact) mass is 264 g/mol. The summed E-state index contributed by atoms with van der Waals surface area (Å²) in [5.74, 6) is 3.12. The molecule has 1 aromatic heterocycles. The minimum absolute atomic E-state index is 0.212. The SMILES string of the molecule is Cc1c(N)nc(C(C)C)nc1NCC(C)(C)C(C)C. The van der Waals surface area contributed by atoms with Crippen molar-refractivity contribution in [3.05, 3.63) is 11.4 Å². The maximum absolute atomic E-state index is 5.97. The molecule has 1 rings (SSSR count). The molecule has 1 aromatic rings. The van der Waals surface area contributed by atoms with E-state index < -0.39 is 0 Å². The summed E-state index contributed by atoms with van der Waals surface area (Å²) in [6.07, 6.45) is 0. The van der Waals surface area contributed by atoms with Crippen LogP contribution in [0.5, 0.6) is 0 Å². The van der Waals surface area contributed by atoms with Crippen LogP contribution in [-0.4, -0.2) is 16.5 Å². The van der Waals surface area contributed by atoms with Crippen molar-refractivity contribution >= 4 is 11.6 Å². The van der Waals surface area contributed by atoms with Crippen LogP contribution >= 0.6 is 0 Å². The molecule has 0 aliphatic heterocycles. The Balaban J connectivity index is 2.95. The van der Waals surface area contributed by atoms with Crippen LogP contribution in [0.2, 0.25) is 0 Å². The van der Waals surface area contributed by atoms with E-state index in [1.165, 1.54) is 0 Å². The maximum Gasteiger partial charge on any atom is 0.135 e. The molecule has 19 heavy (non-hydrogen) atoms. The third-order valence-corrected chi connectivity index (χ3v) is 3.99. The molecule has 0 radical (unpaired) electrons. The van der Waals surface area contributed by atoms with E-state index in [2.05, 4.69) is 56.8 Å². The van der Waals surface area contributed by atoms with Gasteiger partial charge in [0, 0.05) is 18.0 Å². The summed E-state index contributed by atoms with van der Waals surface area (Å²) in [5, 5.41) is 3.44. The van der Waals surface area contributed by atoms with E-state index in [0.717, 1.165) is 23.8 Å². The number of nitrogen functional groups attached to an aromatic ring is 1. The van der Waals surface area contributed by atoms with Gasteiger partial charge in [0.25, 0.3) is 0 Å². The fourth-order valence-electron chi connectivity index (χ4n) is 1.50. The molecule has 1 heterocycles. The van der Waals surface area contributed by atoms with Crippen LogP contribution < -0.4 is 11.1 Å². The molecule has 0 amide bonds. The van der Waals surface area contributed by atoms with Gasteiger partial charge in [-0.2, -0.15) is 0 Å². The number of hydrogen-bond donors (Lipinski definition) is 2. The van der Waals surface area contributed by atoms with Crippen molar-refractivity contribution in [3.8, 4) is 0 Å². The second-order valence-electron chi connectivity index (χ2n) is 6.59. The summed E-state index contributed by atoms with van der Waals surface area (Å²) in [6, 6.07) is 0. The maximum atomic E-state index is 5.97. The van der Waals surface area contributed by atoms with Crippen LogP contribution in [-0.2, 0) is 0 Å². The van der Waals surface area contributed by atoms with Gasteiger partial charge < -0.3 is 11.1 Å². The minimum Gasteiger partial charge on any atom is -0.383 e. The van der Waals surface area contributed by atoms with E-state index in [1.807, 2.05) is 6.92 Å². The lowest BCUT2D eigenvalue weighted by molar-refractivity contribution is 0.269. The van der Waals surface area contributed by atoms with Gasteiger partial charge in [-0.05, 0) is 18.3 Å². The van der Waals surface area contributed by atoms with Crippen molar-refractivity contribution in [1.29, 1.82) is 0 Å². The van der Waals surface area contributed by atoms with E-state index in [-0.39, 0.29) is 11.3 Å². The van der Waals surface area contributed by atoms with Gasteiger partial charge in [-0.1, -0.05) is 41.5 Å². The molecule has 0 saturated carbocycles. The topological polar surface area (TPSA) is 63.8 Å². The van der Waals surface area contributed by atoms with Crippen LogP contribution in [0.25, 0.3) is 0 Å². The first kappa shape index (κ1) is 15.7. The summed E-state index contributed by atoms with van der Waals surface area (Å²) < 4.78 is 0. The number of anilines is 2. The lowest BCUT2D eigenvalue weighted by Crippen LogP contribution is -2.29. The van der Waals surface area contributed by atoms with Gasteiger partial charge in [0.1, 0.15) is 17.5 Å². The predicted octanol–water partition coefficient (Wildman–Crippen LogP) is 3.58. The highest BCUT2D eigenvalue weighted by molar-refractivity contribution is 5.55. The van der Waals surface area contributed by atoms with E-state index in [9.17, 15) is 0 Å². The van der Waals surface area contributed by atoms with E-state index in [0.29, 0.717) is 11.7 Å². The highest BCUT2D eigenvalue weighted by atomic mass is 15.1. The molecule has 0 aromatic carbocycles. The molecule has 4 nitrogen and oxygen atoms in total. The Morgan fingerprint density at radius 2 is 1.74 bits per heavy atom. The number of aromatic nitrogens is 2. The Morgan fingerprint density at radius 1 is 1.16 bits per heavy atom. The van der Waals surface area contributed by atoms with Crippen LogP contribution in [0.3, 0.4) is 0 Å². The summed E-state index contributed by atoms with van der Waals surface area (Å²) in [4.78, 5) is 8.93. The van der Waals surface area contributed by atoms with E-state index >= 15 is 0 Å². The van der Waals surface area contributed by atoms with Crippen molar-refractivity contribution in [1.82, 2.24) is 9.97 Å². The molecule has 0 aliphatic carbocycles. The van der Waals surface area contributed by atoms with Crippen molar-refractivity contribution < 1.29 is 0 Å². The summed E-state index contributed by atoms with van der Waals surface area (Å²) >= 11 is 0. The fourth-order valence-corrected chi connectivity index (χ4v) is 1.50. The molecule has 0 bridgehead atoms. The molecule has 0 unspecified atom stereocenters. The molecule has 108 valence electrons. The number of nitrogens with zero attached hydrogens (tertiary/aromatic N) is 2. The quantitative estimate of drug-likeness (QED) is 0.853. The van der Waals surface area contributed by atoms with E-state index in [4.69, 9.17) is 5.73 Å². The smallest absolute Gasteiger partial charge is 0.135 e. The molecule has 0 atom stereocenters. The Morgan fingerprint density at radius 3 is 2.21 bits per heavy atom. The Kier molecular flexibility index (Phi) is 4.77. The molecule has 3 N–H and O–H groups in total. The highest BCUT2D eigenvalue weighted by Crippen LogP contribution is 2.27. The lowest BCUT2D eigenvalue weighted by Gasteiger charge is -2.30. The normalized spacial score (nSPS) is 12.3. The highest BCUT2D eigenvalue weighted by Gasteiger charge is 2.23. The minimum atomic E-state index is 0.212. The molecule has 4 heteroatoms. The van der Waals surface area contributed by atoms with Crippen LogP contribution in [0.4, 0.5) is 11.6 Å². The number of nitrogens with two attached hydrogens (primary N) is 1. The first-order valence-electron chi connectivity index (χ1n) is 7.03. The number of nitrogens with one attached hydrogen (secondary N) is 1. The standard InChI is InChI=1S/C15H28N4/c1-9(2)13-18-12(16)11(5)14(19-13)17-8-15(6,7)10(3)4/h9-10H,8H2,1-7H3,(H3,16,17,18,19). The Hall–Kier alpha value is -1.32. The lowest BCUT2D eigenvalue weighted by atomic mass is 9.81. The van der Waals surface area contributed by atoms with E-state index in [1.54, 1.807) is 0 Å². The first-order chi connectivity index (χ1) is 8.65. The van der Waals surface area contributed by atoms with Crippen molar-refractivity contribution in [2.75, 3.05) is 17.6 Å². The molecule has 0 spiro atoms. The summed E-state index contributed by atoms with van der Waals surface area (Å²) in [7, 11) is 0. The predicted molar refractivity (Wildman–Crippen MR) is 82.4 cm³/mol. The Bertz CT molecular complexity index is 436. The zero-order valence-electron chi connectivity index (χ0n) is 13.3. The summed E-state index contributed by atoms with van der Waals surface area (Å²) in [5.41, 5.74) is 7.11. The third kappa shape index (κ3) is 3.82. The van der Waals surface area contributed by atoms with Gasteiger partial charge in [0.2, 0.25) is 0 Å². The van der Waals surface area contributed by atoms with Gasteiger partial charge in [-0.15, -0.1) is 0 Å². The second-order valence-corrected chi connectivity index (χ2v) is 6.59. The number of hydrogen-bond acceptors (Lipinski definition) is 4.